The summed E-state index contributed by atoms with van der Waals surface area (Å²) in [5.74, 6) is 2.04. The molecular formula is C39H21N3S3. The molecule has 6 aromatic carbocycles. The van der Waals surface area contributed by atoms with E-state index >= 15 is 0 Å². The van der Waals surface area contributed by atoms with Gasteiger partial charge in [0.1, 0.15) is 0 Å². The van der Waals surface area contributed by atoms with Gasteiger partial charge in [0, 0.05) is 77.2 Å². The third kappa shape index (κ3) is 4.03. The quantitative estimate of drug-likeness (QED) is 0.196. The van der Waals surface area contributed by atoms with Crippen molar-refractivity contribution in [1.29, 1.82) is 0 Å². The maximum atomic E-state index is 5.12. The minimum absolute atomic E-state index is 0.681. The molecule has 0 fully saturated rings. The predicted octanol–water partition coefficient (Wildman–Crippen LogP) is 12.0. The van der Waals surface area contributed by atoms with Crippen LogP contribution in [0.4, 0.5) is 0 Å². The fraction of sp³-hybridized carbons (Fsp3) is 0. The average molecular weight is 628 g/mol. The van der Waals surface area contributed by atoms with Crippen molar-refractivity contribution < 1.29 is 0 Å². The van der Waals surface area contributed by atoms with E-state index in [1.165, 1.54) is 60.5 Å². The second-order valence-corrected chi connectivity index (χ2v) is 14.5. The second kappa shape index (κ2) is 9.74. The van der Waals surface area contributed by atoms with Crippen LogP contribution in [0.2, 0.25) is 0 Å². The molecule has 0 N–H and O–H groups in total. The minimum Gasteiger partial charge on any atom is -0.208 e. The Hall–Kier alpha value is -5.01. The first-order chi connectivity index (χ1) is 22.2. The van der Waals surface area contributed by atoms with Crippen LogP contribution in [0, 0.1) is 0 Å². The number of thiophene rings is 3. The first-order valence-electron chi connectivity index (χ1n) is 14.8. The molecule has 0 aliphatic carbocycles. The van der Waals surface area contributed by atoms with E-state index in [9.17, 15) is 0 Å². The van der Waals surface area contributed by atoms with Gasteiger partial charge < -0.3 is 0 Å². The van der Waals surface area contributed by atoms with Crippen molar-refractivity contribution in [3.05, 3.63) is 127 Å². The number of hydrogen-bond acceptors (Lipinski definition) is 6. The van der Waals surface area contributed by atoms with Gasteiger partial charge in [-0.15, -0.1) is 34.0 Å². The van der Waals surface area contributed by atoms with Gasteiger partial charge in [-0.1, -0.05) is 78.9 Å². The van der Waals surface area contributed by atoms with Crippen LogP contribution in [0.5, 0.6) is 0 Å². The van der Waals surface area contributed by atoms with Crippen LogP contribution in [0.3, 0.4) is 0 Å². The lowest BCUT2D eigenvalue weighted by molar-refractivity contribution is 1.08. The number of nitrogens with zero attached hydrogens (tertiary/aromatic N) is 3. The van der Waals surface area contributed by atoms with Crippen LogP contribution in [0.25, 0.3) is 94.7 Å². The zero-order chi connectivity index (χ0) is 29.5. The molecule has 6 heteroatoms. The largest absolute Gasteiger partial charge is 0.208 e. The molecule has 0 radical (unpaired) electrons. The van der Waals surface area contributed by atoms with Crippen LogP contribution in [0.15, 0.2) is 127 Å². The monoisotopic (exact) mass is 627 g/mol. The summed E-state index contributed by atoms with van der Waals surface area (Å²) in [6.45, 7) is 0. The van der Waals surface area contributed by atoms with E-state index in [0.29, 0.717) is 17.5 Å². The molecule has 0 amide bonds. The Morgan fingerprint density at radius 1 is 0.289 bits per heavy atom. The van der Waals surface area contributed by atoms with Gasteiger partial charge in [-0.25, -0.2) is 15.0 Å². The third-order valence-corrected chi connectivity index (χ3v) is 12.0. The molecule has 45 heavy (non-hydrogen) atoms. The lowest BCUT2D eigenvalue weighted by Gasteiger charge is -2.09. The summed E-state index contributed by atoms with van der Waals surface area (Å²) < 4.78 is 7.59. The van der Waals surface area contributed by atoms with Crippen LogP contribution in [-0.2, 0) is 0 Å². The van der Waals surface area contributed by atoms with Crippen molar-refractivity contribution in [3.63, 3.8) is 0 Å². The summed E-state index contributed by atoms with van der Waals surface area (Å²) in [6, 6.07) is 45.5. The van der Waals surface area contributed by atoms with E-state index in [1.54, 1.807) is 0 Å². The first-order valence-corrected chi connectivity index (χ1v) is 17.2. The first kappa shape index (κ1) is 25.3. The molecule has 0 saturated heterocycles. The molecule has 0 aliphatic heterocycles. The smallest absolute Gasteiger partial charge is 0.164 e. The zero-order valence-electron chi connectivity index (χ0n) is 23.7. The molecule has 3 nitrogen and oxygen atoms in total. The van der Waals surface area contributed by atoms with Crippen molar-refractivity contribution in [2.75, 3.05) is 0 Å². The number of rotatable bonds is 3. The molecule has 0 aliphatic rings. The van der Waals surface area contributed by atoms with Gasteiger partial charge in [-0.05, 0) is 48.5 Å². The van der Waals surface area contributed by atoms with Crippen molar-refractivity contribution in [3.8, 4) is 34.2 Å². The van der Waals surface area contributed by atoms with E-state index in [0.717, 1.165) is 16.7 Å². The Morgan fingerprint density at radius 2 is 0.644 bits per heavy atom. The van der Waals surface area contributed by atoms with Crippen LogP contribution >= 0.6 is 34.0 Å². The lowest BCUT2D eigenvalue weighted by atomic mass is 10.1. The minimum atomic E-state index is 0.681. The van der Waals surface area contributed by atoms with Crippen molar-refractivity contribution in [2.45, 2.75) is 0 Å². The number of aromatic nitrogens is 3. The summed E-state index contributed by atoms with van der Waals surface area (Å²) in [5.41, 5.74) is 2.97. The van der Waals surface area contributed by atoms with Gasteiger partial charge in [0.05, 0.1) is 0 Å². The molecule has 4 aromatic heterocycles. The fourth-order valence-corrected chi connectivity index (χ4v) is 9.74. The average Bonchev–Trinajstić information content (AvgIpc) is 3.78. The summed E-state index contributed by atoms with van der Waals surface area (Å²) in [6.07, 6.45) is 0. The molecular weight excluding hydrogens is 607 g/mol. The van der Waals surface area contributed by atoms with Gasteiger partial charge >= 0.3 is 0 Å². The predicted molar refractivity (Wildman–Crippen MR) is 195 cm³/mol. The van der Waals surface area contributed by atoms with Gasteiger partial charge in [0.2, 0.25) is 0 Å². The molecule has 210 valence electrons. The zero-order valence-corrected chi connectivity index (χ0v) is 26.1. The Bertz CT molecular complexity index is 2650. The number of benzene rings is 6. The normalized spacial score (nSPS) is 12.0. The van der Waals surface area contributed by atoms with Crippen molar-refractivity contribution in [2.24, 2.45) is 0 Å². The molecule has 0 bridgehead atoms. The molecule has 0 saturated carbocycles. The summed E-state index contributed by atoms with van der Waals surface area (Å²) in [5, 5.41) is 7.59. The van der Waals surface area contributed by atoms with Crippen molar-refractivity contribution in [1.82, 2.24) is 15.0 Å². The van der Waals surface area contributed by atoms with E-state index < -0.39 is 0 Å². The van der Waals surface area contributed by atoms with Crippen LogP contribution in [-0.4, -0.2) is 15.0 Å². The number of hydrogen-bond donors (Lipinski definition) is 0. The number of fused-ring (bicyclic) bond motifs is 9. The highest BCUT2D eigenvalue weighted by molar-refractivity contribution is 7.26. The Kier molecular flexibility index (Phi) is 5.49. The molecule has 0 atom stereocenters. The van der Waals surface area contributed by atoms with E-state index in [2.05, 4.69) is 127 Å². The highest BCUT2D eigenvalue weighted by Gasteiger charge is 2.16. The maximum Gasteiger partial charge on any atom is 0.164 e. The third-order valence-electron chi connectivity index (χ3n) is 8.54. The van der Waals surface area contributed by atoms with Crippen molar-refractivity contribution >= 4 is 94.5 Å². The van der Waals surface area contributed by atoms with Crippen LogP contribution < -0.4 is 0 Å². The van der Waals surface area contributed by atoms with Gasteiger partial charge in [-0.2, -0.15) is 0 Å². The van der Waals surface area contributed by atoms with E-state index in [4.69, 9.17) is 15.0 Å². The molecule has 0 spiro atoms. The lowest BCUT2D eigenvalue weighted by Crippen LogP contribution is -2.00. The highest BCUT2D eigenvalue weighted by Crippen LogP contribution is 2.39. The highest BCUT2D eigenvalue weighted by atomic mass is 32.1. The van der Waals surface area contributed by atoms with Gasteiger partial charge in [0.25, 0.3) is 0 Å². The van der Waals surface area contributed by atoms with Crippen LogP contribution in [0.1, 0.15) is 0 Å². The maximum absolute atomic E-state index is 5.12. The second-order valence-electron chi connectivity index (χ2n) is 11.2. The van der Waals surface area contributed by atoms with Gasteiger partial charge in [0.15, 0.2) is 17.5 Å². The van der Waals surface area contributed by atoms with Gasteiger partial charge in [-0.3, -0.25) is 0 Å². The molecule has 10 aromatic rings. The fourth-order valence-electron chi connectivity index (χ4n) is 6.36. The Morgan fingerprint density at radius 3 is 1.16 bits per heavy atom. The SMILES string of the molecule is c1ccc2c(c1)sc1cc(-c3nc(-c4ccc5c(c4)sc4ccccc45)nc(-c4ccc5sc6ccccc6c5c4)n3)ccc12. The summed E-state index contributed by atoms with van der Waals surface area (Å²) >= 11 is 5.44. The van der Waals surface area contributed by atoms with E-state index in [1.807, 2.05) is 34.0 Å². The Balaban J connectivity index is 1.19. The molecule has 4 heterocycles. The molecule has 0 unspecified atom stereocenters. The van der Waals surface area contributed by atoms with E-state index in [-0.39, 0.29) is 0 Å². The standard InChI is InChI=1S/C39H21N3S3/c1-4-10-31-25(7-1)28-16-13-23(20-35(28)44-31)38-40-37(22-15-18-34-30(19-22)27-9-3-6-12-33(27)43-34)41-39(42-38)24-14-17-29-26-8-2-5-11-32(26)45-36(29)21-24/h1-21H. The topological polar surface area (TPSA) is 38.7 Å². The molecule has 10 rings (SSSR count). The summed E-state index contributed by atoms with van der Waals surface area (Å²) in [4.78, 5) is 15.3. The summed E-state index contributed by atoms with van der Waals surface area (Å²) in [7, 11) is 0. The Labute approximate surface area is 269 Å².